The van der Waals surface area contributed by atoms with E-state index in [1.807, 2.05) is 0 Å². The lowest BCUT2D eigenvalue weighted by atomic mass is 10.1. The first-order valence-electron chi connectivity index (χ1n) is 7.96. The van der Waals surface area contributed by atoms with Gasteiger partial charge in [0.1, 0.15) is 6.61 Å². The molecule has 0 bridgehead atoms. The minimum Gasteiger partial charge on any atom is -0.478 e. The van der Waals surface area contributed by atoms with Gasteiger partial charge in [0.05, 0.1) is 22.3 Å². The highest BCUT2D eigenvalue weighted by Gasteiger charge is 2.26. The summed E-state index contributed by atoms with van der Waals surface area (Å²) in [4.78, 5) is 57.3. The van der Waals surface area contributed by atoms with Crippen molar-refractivity contribution in [1.82, 2.24) is 0 Å². The summed E-state index contributed by atoms with van der Waals surface area (Å²) in [6.07, 6.45) is -1.86. The molecule has 2 aromatic rings. The number of hydrogen-bond donors (Lipinski definition) is 3. The van der Waals surface area contributed by atoms with Crippen LogP contribution in [0.4, 0.5) is 0 Å². The molecule has 0 aliphatic rings. The molecule has 2 aromatic carbocycles. The van der Waals surface area contributed by atoms with Crippen molar-refractivity contribution in [2.45, 2.75) is 6.10 Å². The van der Waals surface area contributed by atoms with E-state index in [-0.39, 0.29) is 22.3 Å². The first kappa shape index (κ1) is 21.1. The number of esters is 2. The van der Waals surface area contributed by atoms with Crippen molar-refractivity contribution in [3.05, 3.63) is 70.8 Å². The molecular formula is C19H14O10. The average molecular weight is 402 g/mol. The molecule has 10 nitrogen and oxygen atoms in total. The van der Waals surface area contributed by atoms with Crippen molar-refractivity contribution in [2.24, 2.45) is 0 Å². The predicted octanol–water partition coefficient (Wildman–Crippen LogP) is 1.55. The molecule has 150 valence electrons. The summed E-state index contributed by atoms with van der Waals surface area (Å²) in [6.45, 7) is -0.837. The average Bonchev–Trinajstić information content (AvgIpc) is 2.70. The van der Waals surface area contributed by atoms with Gasteiger partial charge in [-0.3, -0.25) is 0 Å². The number of carboxylic acids is 3. The number of aliphatic carboxylic acids is 1. The van der Waals surface area contributed by atoms with Crippen LogP contribution in [0.5, 0.6) is 0 Å². The number of aromatic carboxylic acids is 2. The highest BCUT2D eigenvalue weighted by molar-refractivity contribution is 5.96. The van der Waals surface area contributed by atoms with E-state index >= 15 is 0 Å². The minimum absolute atomic E-state index is 0.130. The Kier molecular flexibility index (Phi) is 6.64. The molecule has 0 radical (unpaired) electrons. The zero-order valence-electron chi connectivity index (χ0n) is 14.6. The van der Waals surface area contributed by atoms with Crippen LogP contribution < -0.4 is 0 Å². The number of ether oxygens (including phenoxy) is 2. The van der Waals surface area contributed by atoms with Crippen molar-refractivity contribution < 1.29 is 48.8 Å². The van der Waals surface area contributed by atoms with E-state index < -0.39 is 42.6 Å². The Morgan fingerprint density at radius 3 is 1.62 bits per heavy atom. The number of rotatable bonds is 8. The van der Waals surface area contributed by atoms with Gasteiger partial charge in [0.25, 0.3) is 0 Å². The molecule has 10 heteroatoms. The quantitative estimate of drug-likeness (QED) is 0.552. The summed E-state index contributed by atoms with van der Waals surface area (Å²) in [5.41, 5.74) is -0.693. The van der Waals surface area contributed by atoms with E-state index in [4.69, 9.17) is 19.7 Å². The summed E-state index contributed by atoms with van der Waals surface area (Å²) in [5, 5.41) is 27.0. The topological polar surface area (TPSA) is 164 Å². The Morgan fingerprint density at radius 2 is 1.17 bits per heavy atom. The maximum atomic E-state index is 12.1. The Balaban J connectivity index is 2.06. The number of hydrogen-bond acceptors (Lipinski definition) is 7. The SMILES string of the molecule is O=C(O)c1cccc(C(=O)OCC(OC(=O)c2cccc(C(=O)O)c2)C(=O)O)c1. The van der Waals surface area contributed by atoms with E-state index in [1.165, 1.54) is 36.4 Å². The van der Waals surface area contributed by atoms with Gasteiger partial charge in [0.2, 0.25) is 6.10 Å². The van der Waals surface area contributed by atoms with Crippen molar-refractivity contribution in [3.8, 4) is 0 Å². The van der Waals surface area contributed by atoms with Crippen LogP contribution >= 0.6 is 0 Å². The highest BCUT2D eigenvalue weighted by atomic mass is 16.6. The van der Waals surface area contributed by atoms with E-state index in [0.717, 1.165) is 12.1 Å². The molecular weight excluding hydrogens is 388 g/mol. The summed E-state index contributed by atoms with van der Waals surface area (Å²) in [7, 11) is 0. The molecule has 0 aromatic heterocycles. The Bertz CT molecular complexity index is 978. The van der Waals surface area contributed by atoms with Crippen LogP contribution in [-0.4, -0.2) is 57.9 Å². The molecule has 0 aliphatic heterocycles. The van der Waals surface area contributed by atoms with Crippen LogP contribution in [0.1, 0.15) is 41.4 Å². The van der Waals surface area contributed by atoms with Gasteiger partial charge in [-0.05, 0) is 36.4 Å². The molecule has 0 amide bonds. The summed E-state index contributed by atoms with van der Waals surface area (Å²) >= 11 is 0. The monoisotopic (exact) mass is 402 g/mol. The third kappa shape index (κ3) is 5.63. The standard InChI is InChI=1S/C19H14O10/c20-15(21)10-3-1-5-12(7-10)18(26)28-9-14(17(24)25)29-19(27)13-6-2-4-11(8-13)16(22)23/h1-8,14H,9H2,(H,20,21)(H,22,23)(H,24,25). The molecule has 1 atom stereocenters. The molecule has 29 heavy (non-hydrogen) atoms. The van der Waals surface area contributed by atoms with E-state index in [1.54, 1.807) is 0 Å². The smallest absolute Gasteiger partial charge is 0.348 e. The first-order chi connectivity index (χ1) is 13.7. The summed E-state index contributed by atoms with van der Waals surface area (Å²) in [6, 6.07) is 9.64. The predicted molar refractivity (Wildman–Crippen MR) is 93.9 cm³/mol. The Labute approximate surface area is 162 Å². The fourth-order valence-electron chi connectivity index (χ4n) is 2.15. The van der Waals surface area contributed by atoms with Crippen molar-refractivity contribution in [1.29, 1.82) is 0 Å². The first-order valence-corrected chi connectivity index (χ1v) is 7.96. The summed E-state index contributed by atoms with van der Waals surface area (Å²) in [5.74, 6) is -6.28. The number of carbonyl (C=O) groups is 5. The zero-order valence-corrected chi connectivity index (χ0v) is 14.6. The largest absolute Gasteiger partial charge is 0.478 e. The highest BCUT2D eigenvalue weighted by Crippen LogP contribution is 2.11. The maximum Gasteiger partial charge on any atom is 0.348 e. The molecule has 0 aliphatic carbocycles. The summed E-state index contributed by atoms with van der Waals surface area (Å²) < 4.78 is 9.58. The van der Waals surface area contributed by atoms with Crippen LogP contribution in [0.2, 0.25) is 0 Å². The van der Waals surface area contributed by atoms with Gasteiger partial charge in [-0.25, -0.2) is 24.0 Å². The van der Waals surface area contributed by atoms with Crippen LogP contribution in [0.15, 0.2) is 48.5 Å². The van der Waals surface area contributed by atoms with Gasteiger partial charge in [0, 0.05) is 0 Å². The normalized spacial score (nSPS) is 11.2. The van der Waals surface area contributed by atoms with Gasteiger partial charge in [-0.15, -0.1) is 0 Å². The van der Waals surface area contributed by atoms with Gasteiger partial charge < -0.3 is 24.8 Å². The second-order valence-electron chi connectivity index (χ2n) is 5.60. The van der Waals surface area contributed by atoms with E-state index in [0.29, 0.717) is 0 Å². The van der Waals surface area contributed by atoms with Crippen molar-refractivity contribution in [3.63, 3.8) is 0 Å². The van der Waals surface area contributed by atoms with Crippen LogP contribution in [0, 0.1) is 0 Å². The van der Waals surface area contributed by atoms with Gasteiger partial charge in [0.15, 0.2) is 0 Å². The third-order valence-electron chi connectivity index (χ3n) is 3.58. The second kappa shape index (κ2) is 9.13. The number of carbonyl (C=O) groups excluding carboxylic acids is 2. The van der Waals surface area contributed by atoms with Gasteiger partial charge >= 0.3 is 29.8 Å². The molecule has 2 rings (SSSR count). The molecule has 0 saturated carbocycles. The molecule has 0 spiro atoms. The molecule has 1 unspecified atom stereocenters. The molecule has 0 fully saturated rings. The van der Waals surface area contributed by atoms with Crippen molar-refractivity contribution in [2.75, 3.05) is 6.61 Å². The minimum atomic E-state index is -1.86. The Hall–Kier alpha value is -4.21. The number of carboxylic acid groups (broad SMARTS) is 3. The maximum absolute atomic E-state index is 12.1. The fraction of sp³-hybridized carbons (Fsp3) is 0.105. The molecule has 0 saturated heterocycles. The fourth-order valence-corrected chi connectivity index (χ4v) is 2.15. The Morgan fingerprint density at radius 1 is 0.724 bits per heavy atom. The molecule has 0 heterocycles. The van der Waals surface area contributed by atoms with E-state index in [9.17, 15) is 29.1 Å². The van der Waals surface area contributed by atoms with Gasteiger partial charge in [-0.1, -0.05) is 12.1 Å². The van der Waals surface area contributed by atoms with Gasteiger partial charge in [-0.2, -0.15) is 0 Å². The lowest BCUT2D eigenvalue weighted by Gasteiger charge is -2.14. The van der Waals surface area contributed by atoms with Crippen LogP contribution in [0.25, 0.3) is 0 Å². The third-order valence-corrected chi connectivity index (χ3v) is 3.58. The second-order valence-corrected chi connectivity index (χ2v) is 5.60. The van der Waals surface area contributed by atoms with Crippen molar-refractivity contribution >= 4 is 29.8 Å². The zero-order chi connectivity index (χ0) is 21.6. The van der Waals surface area contributed by atoms with Crippen LogP contribution in [-0.2, 0) is 14.3 Å². The number of benzene rings is 2. The lowest BCUT2D eigenvalue weighted by molar-refractivity contribution is -0.149. The lowest BCUT2D eigenvalue weighted by Crippen LogP contribution is -2.32. The van der Waals surface area contributed by atoms with Crippen LogP contribution in [0.3, 0.4) is 0 Å². The molecule has 3 N–H and O–H groups in total. The van der Waals surface area contributed by atoms with E-state index in [2.05, 4.69) is 0 Å².